The number of carbonyl (C=O) groups excluding carboxylic acids is 1. The molecule has 7 nitrogen and oxygen atoms in total. The van der Waals surface area contributed by atoms with Crippen molar-refractivity contribution in [1.82, 2.24) is 0 Å². The zero-order valence-corrected chi connectivity index (χ0v) is 15.8. The number of hydrogen-bond donors (Lipinski definition) is 1. The lowest BCUT2D eigenvalue weighted by atomic mass is 9.87. The molecule has 0 saturated heterocycles. The summed E-state index contributed by atoms with van der Waals surface area (Å²) in [5.41, 5.74) is 7.01. The van der Waals surface area contributed by atoms with Gasteiger partial charge >= 0.3 is 5.97 Å². The van der Waals surface area contributed by atoms with E-state index in [1.54, 1.807) is 33.1 Å². The third-order valence-corrected chi connectivity index (χ3v) is 4.39. The first-order valence-electron chi connectivity index (χ1n) is 8.69. The molecule has 1 aromatic carbocycles. The maximum Gasteiger partial charge on any atom is 0.338 e. The number of nitriles is 1. The molecule has 1 atom stereocenters. The highest BCUT2D eigenvalue weighted by molar-refractivity contribution is 5.92. The largest absolute Gasteiger partial charge is 0.497 e. The van der Waals surface area contributed by atoms with Crippen LogP contribution in [0.5, 0.6) is 5.75 Å². The third-order valence-electron chi connectivity index (χ3n) is 4.39. The van der Waals surface area contributed by atoms with Crippen molar-refractivity contribution in [2.75, 3.05) is 13.7 Å². The van der Waals surface area contributed by atoms with Crippen molar-refractivity contribution in [2.24, 2.45) is 5.73 Å². The molecule has 1 aliphatic heterocycles. The number of nitrogens with zero attached hydrogens (tertiary/aromatic N) is 1. The molecule has 2 aromatic rings. The summed E-state index contributed by atoms with van der Waals surface area (Å²) in [5, 5.41) is 9.59. The molecule has 0 radical (unpaired) electrons. The molecule has 28 heavy (non-hydrogen) atoms. The third kappa shape index (κ3) is 3.45. The molecule has 1 aromatic heterocycles. The van der Waals surface area contributed by atoms with Crippen molar-refractivity contribution < 1.29 is 23.4 Å². The van der Waals surface area contributed by atoms with Crippen LogP contribution in [0, 0.1) is 11.3 Å². The average Bonchev–Trinajstić information content (AvgIpc) is 3.17. The van der Waals surface area contributed by atoms with Gasteiger partial charge in [0, 0.05) is 5.56 Å². The molecule has 7 heteroatoms. The normalized spacial score (nSPS) is 16.4. The second-order valence-corrected chi connectivity index (χ2v) is 6.05. The number of rotatable bonds is 5. The highest BCUT2D eigenvalue weighted by Crippen LogP contribution is 2.41. The maximum absolute atomic E-state index is 12.5. The molecule has 2 N–H and O–H groups in total. The van der Waals surface area contributed by atoms with Crippen LogP contribution >= 0.6 is 0 Å². The van der Waals surface area contributed by atoms with Gasteiger partial charge in [-0.1, -0.05) is 0 Å². The smallest absolute Gasteiger partial charge is 0.338 e. The first-order chi connectivity index (χ1) is 13.5. The molecule has 0 amide bonds. The Bertz CT molecular complexity index is 993. The molecule has 0 aliphatic carbocycles. The Morgan fingerprint density at radius 2 is 1.96 bits per heavy atom. The molecule has 0 saturated carbocycles. The van der Waals surface area contributed by atoms with E-state index < -0.39 is 11.9 Å². The summed E-state index contributed by atoms with van der Waals surface area (Å²) >= 11 is 0. The van der Waals surface area contributed by atoms with Gasteiger partial charge in [-0.3, -0.25) is 0 Å². The molecule has 0 spiro atoms. The van der Waals surface area contributed by atoms with Crippen LogP contribution in [0.25, 0.3) is 11.3 Å². The van der Waals surface area contributed by atoms with Crippen molar-refractivity contribution in [2.45, 2.75) is 19.8 Å². The zero-order chi connectivity index (χ0) is 20.3. The lowest BCUT2D eigenvalue weighted by Gasteiger charge is -2.25. The summed E-state index contributed by atoms with van der Waals surface area (Å²) < 4.78 is 21.7. The van der Waals surface area contributed by atoms with Crippen LogP contribution in [-0.2, 0) is 14.3 Å². The number of furan rings is 1. The minimum absolute atomic E-state index is 0.0551. The van der Waals surface area contributed by atoms with Crippen molar-refractivity contribution in [3.05, 3.63) is 64.9 Å². The van der Waals surface area contributed by atoms with Crippen molar-refractivity contribution in [3.8, 4) is 23.1 Å². The topological polar surface area (TPSA) is 108 Å². The first-order valence-corrected chi connectivity index (χ1v) is 8.69. The lowest BCUT2D eigenvalue weighted by Crippen LogP contribution is -2.25. The van der Waals surface area contributed by atoms with Gasteiger partial charge in [-0.05, 0) is 50.2 Å². The molecular formula is C21H20N2O5. The Morgan fingerprint density at radius 1 is 1.25 bits per heavy atom. The average molecular weight is 380 g/mol. The SMILES string of the molecule is CCOC(=O)C1=C(C)OC(N)=C(C#N)C1c1ccc(-c2ccc(OC)cc2)o1. The van der Waals surface area contributed by atoms with Gasteiger partial charge in [0.25, 0.3) is 0 Å². The number of esters is 1. The molecule has 1 aliphatic rings. The van der Waals surface area contributed by atoms with Crippen molar-refractivity contribution >= 4 is 5.97 Å². The van der Waals surface area contributed by atoms with Crippen LogP contribution in [0.2, 0.25) is 0 Å². The van der Waals surface area contributed by atoms with Gasteiger partial charge in [0.05, 0.1) is 25.2 Å². The number of carbonyl (C=O) groups is 1. The van der Waals surface area contributed by atoms with E-state index >= 15 is 0 Å². The van der Waals surface area contributed by atoms with Crippen LogP contribution in [0.4, 0.5) is 0 Å². The number of hydrogen-bond acceptors (Lipinski definition) is 7. The highest BCUT2D eigenvalue weighted by Gasteiger charge is 2.38. The van der Waals surface area contributed by atoms with Crippen LogP contribution in [0.3, 0.4) is 0 Å². The lowest BCUT2D eigenvalue weighted by molar-refractivity contribution is -0.139. The summed E-state index contributed by atoms with van der Waals surface area (Å²) in [6.45, 7) is 3.50. The predicted molar refractivity (Wildman–Crippen MR) is 101 cm³/mol. The number of benzene rings is 1. The van der Waals surface area contributed by atoms with Crippen molar-refractivity contribution in [1.29, 1.82) is 5.26 Å². The molecule has 2 heterocycles. The van der Waals surface area contributed by atoms with E-state index in [1.807, 2.05) is 30.3 Å². The van der Waals surface area contributed by atoms with Crippen LogP contribution in [-0.4, -0.2) is 19.7 Å². The Labute approximate surface area is 162 Å². The Hall–Kier alpha value is -3.66. The zero-order valence-electron chi connectivity index (χ0n) is 15.8. The number of nitrogens with two attached hydrogens (primary N) is 1. The number of ether oxygens (including phenoxy) is 3. The quantitative estimate of drug-likeness (QED) is 0.790. The summed E-state index contributed by atoms with van der Waals surface area (Å²) in [6.07, 6.45) is 0. The van der Waals surface area contributed by atoms with Crippen LogP contribution < -0.4 is 10.5 Å². The number of methoxy groups -OCH3 is 1. The standard InChI is InChI=1S/C21H20N2O5/c1-4-26-21(24)18-12(2)27-20(23)15(11-22)19(18)17-10-9-16(28-17)13-5-7-14(25-3)8-6-13/h5-10,19H,4,23H2,1-3H3. The highest BCUT2D eigenvalue weighted by atomic mass is 16.5. The fraction of sp³-hybridized carbons (Fsp3) is 0.238. The van der Waals surface area contributed by atoms with Gasteiger partial charge in [-0.2, -0.15) is 5.26 Å². The van der Waals surface area contributed by atoms with Crippen LogP contribution in [0.15, 0.2) is 63.6 Å². The van der Waals surface area contributed by atoms with E-state index in [-0.39, 0.29) is 29.4 Å². The number of allylic oxidation sites excluding steroid dienone is 2. The van der Waals surface area contributed by atoms with Crippen molar-refractivity contribution in [3.63, 3.8) is 0 Å². The van der Waals surface area contributed by atoms with Gasteiger partial charge < -0.3 is 24.4 Å². The van der Waals surface area contributed by atoms with E-state index in [0.717, 1.165) is 11.3 Å². The fourth-order valence-corrected chi connectivity index (χ4v) is 3.06. The summed E-state index contributed by atoms with van der Waals surface area (Å²) in [7, 11) is 1.59. The Morgan fingerprint density at radius 3 is 2.57 bits per heavy atom. The monoisotopic (exact) mass is 380 g/mol. The van der Waals surface area contributed by atoms with Gasteiger partial charge in [0.15, 0.2) is 0 Å². The minimum Gasteiger partial charge on any atom is -0.497 e. The van der Waals surface area contributed by atoms with Crippen LogP contribution in [0.1, 0.15) is 25.5 Å². The second-order valence-electron chi connectivity index (χ2n) is 6.05. The Balaban J connectivity index is 2.05. The fourth-order valence-electron chi connectivity index (χ4n) is 3.06. The molecule has 1 unspecified atom stereocenters. The van der Waals surface area contributed by atoms with E-state index in [1.165, 1.54) is 0 Å². The second kappa shape index (κ2) is 7.92. The summed E-state index contributed by atoms with van der Waals surface area (Å²) in [5.74, 6) is 0.558. The first kappa shape index (κ1) is 19.1. The molecule has 144 valence electrons. The van der Waals surface area contributed by atoms with Gasteiger partial charge in [0.2, 0.25) is 5.88 Å². The van der Waals surface area contributed by atoms with Gasteiger partial charge in [-0.15, -0.1) is 0 Å². The van der Waals surface area contributed by atoms with E-state index in [4.69, 9.17) is 24.4 Å². The maximum atomic E-state index is 12.5. The molecule has 3 rings (SSSR count). The van der Waals surface area contributed by atoms with E-state index in [9.17, 15) is 10.1 Å². The van der Waals surface area contributed by atoms with E-state index in [0.29, 0.717) is 11.5 Å². The summed E-state index contributed by atoms with van der Waals surface area (Å²) in [6, 6.07) is 12.9. The molecule has 0 fully saturated rings. The van der Waals surface area contributed by atoms with Gasteiger partial charge in [-0.25, -0.2) is 4.79 Å². The van der Waals surface area contributed by atoms with Gasteiger partial charge in [0.1, 0.15) is 34.7 Å². The predicted octanol–water partition coefficient (Wildman–Crippen LogP) is 3.60. The summed E-state index contributed by atoms with van der Waals surface area (Å²) in [4.78, 5) is 12.5. The molecule has 0 bridgehead atoms. The minimum atomic E-state index is -0.801. The van der Waals surface area contributed by atoms with E-state index in [2.05, 4.69) is 0 Å². The Kier molecular flexibility index (Phi) is 5.41. The molecular weight excluding hydrogens is 360 g/mol.